The van der Waals surface area contributed by atoms with Gasteiger partial charge in [0.1, 0.15) is 5.75 Å². The molecule has 2 fully saturated rings. The summed E-state index contributed by atoms with van der Waals surface area (Å²) < 4.78 is 5.42. The van der Waals surface area contributed by atoms with Crippen LogP contribution in [-0.4, -0.2) is 55.0 Å². The lowest BCUT2D eigenvalue weighted by Gasteiger charge is -2.40. The molecule has 0 aliphatic carbocycles. The molecule has 4 nitrogen and oxygen atoms in total. The number of carbonyl (C=O) groups is 1. The van der Waals surface area contributed by atoms with E-state index < -0.39 is 0 Å². The van der Waals surface area contributed by atoms with E-state index in [1.807, 2.05) is 11.3 Å². The predicted molar refractivity (Wildman–Crippen MR) is 105 cm³/mol. The summed E-state index contributed by atoms with van der Waals surface area (Å²) in [4.78, 5) is 17.3. The number of aryl methyl sites for hydroxylation is 2. The van der Waals surface area contributed by atoms with Crippen molar-refractivity contribution in [2.45, 2.75) is 58.4 Å². The number of hydrogen-bond acceptors (Lipinski definition) is 3. The summed E-state index contributed by atoms with van der Waals surface area (Å²) in [5, 5.41) is 0. The molecule has 0 bridgehead atoms. The lowest BCUT2D eigenvalue weighted by Crippen LogP contribution is -2.48. The Morgan fingerprint density at radius 2 is 1.69 bits per heavy atom. The number of amides is 1. The SMILES string of the molecule is COc1c(C)cc(C[CH]C(=O)N2CCC(N3CCCCC3)CC2)cc1C. The van der Waals surface area contributed by atoms with Crippen molar-refractivity contribution in [2.75, 3.05) is 33.3 Å². The highest BCUT2D eigenvalue weighted by molar-refractivity contribution is 5.85. The van der Waals surface area contributed by atoms with Gasteiger partial charge in [0, 0.05) is 19.1 Å². The largest absolute Gasteiger partial charge is 0.496 e. The quantitative estimate of drug-likeness (QED) is 0.808. The number of benzene rings is 1. The zero-order valence-corrected chi connectivity index (χ0v) is 16.6. The average Bonchev–Trinajstić information content (AvgIpc) is 2.67. The standard InChI is InChI=1S/C22H33N2O2/c1-17-15-19(16-18(2)22(17)26-3)7-8-21(25)24-13-9-20(10-14-24)23-11-5-4-6-12-23/h8,15-16,20H,4-7,9-14H2,1-3H3. The van der Waals surface area contributed by atoms with E-state index in [2.05, 4.69) is 30.9 Å². The van der Waals surface area contributed by atoms with Gasteiger partial charge >= 0.3 is 0 Å². The first-order chi connectivity index (χ1) is 12.6. The molecule has 0 atom stereocenters. The Morgan fingerprint density at radius 1 is 1.08 bits per heavy atom. The van der Waals surface area contributed by atoms with Gasteiger partial charge in [-0.2, -0.15) is 0 Å². The lowest BCUT2D eigenvalue weighted by atomic mass is 9.99. The molecule has 0 spiro atoms. The first-order valence-corrected chi connectivity index (χ1v) is 10.1. The van der Waals surface area contributed by atoms with Crippen molar-refractivity contribution in [1.82, 2.24) is 9.80 Å². The summed E-state index contributed by atoms with van der Waals surface area (Å²) in [7, 11) is 1.71. The summed E-state index contributed by atoms with van der Waals surface area (Å²) >= 11 is 0. The first kappa shape index (κ1) is 19.2. The highest BCUT2D eigenvalue weighted by Gasteiger charge is 2.27. The zero-order chi connectivity index (χ0) is 18.5. The van der Waals surface area contributed by atoms with Gasteiger partial charge in [0.15, 0.2) is 0 Å². The van der Waals surface area contributed by atoms with Crippen molar-refractivity contribution in [3.63, 3.8) is 0 Å². The maximum atomic E-state index is 12.6. The normalized spacial score (nSPS) is 19.6. The zero-order valence-electron chi connectivity index (χ0n) is 16.6. The van der Waals surface area contributed by atoms with Crippen LogP contribution in [0.25, 0.3) is 0 Å². The van der Waals surface area contributed by atoms with E-state index in [4.69, 9.17) is 4.74 Å². The number of hydrogen-bond donors (Lipinski definition) is 0. The van der Waals surface area contributed by atoms with Crippen LogP contribution in [0.2, 0.25) is 0 Å². The average molecular weight is 358 g/mol. The molecular weight excluding hydrogens is 324 g/mol. The molecule has 1 radical (unpaired) electrons. The molecule has 143 valence electrons. The second kappa shape index (κ2) is 8.90. The van der Waals surface area contributed by atoms with Gasteiger partial charge in [0.2, 0.25) is 5.91 Å². The molecule has 1 aromatic rings. The minimum absolute atomic E-state index is 0.188. The minimum atomic E-state index is 0.188. The molecule has 1 amide bonds. The second-order valence-corrected chi connectivity index (χ2v) is 7.82. The molecule has 26 heavy (non-hydrogen) atoms. The van der Waals surface area contributed by atoms with E-state index in [1.54, 1.807) is 7.11 Å². The fourth-order valence-corrected chi connectivity index (χ4v) is 4.55. The van der Waals surface area contributed by atoms with E-state index in [0.717, 1.165) is 42.8 Å². The highest BCUT2D eigenvalue weighted by atomic mass is 16.5. The van der Waals surface area contributed by atoms with E-state index in [1.165, 1.54) is 37.9 Å². The molecule has 1 aromatic carbocycles. The van der Waals surface area contributed by atoms with Gasteiger partial charge in [-0.05, 0) is 75.7 Å². The summed E-state index contributed by atoms with van der Waals surface area (Å²) in [5.41, 5.74) is 3.44. The van der Waals surface area contributed by atoms with Crippen LogP contribution in [0.3, 0.4) is 0 Å². The summed E-state index contributed by atoms with van der Waals surface area (Å²) in [5.74, 6) is 1.13. The van der Waals surface area contributed by atoms with Crippen LogP contribution in [-0.2, 0) is 11.2 Å². The van der Waals surface area contributed by atoms with Crippen LogP contribution in [0.15, 0.2) is 12.1 Å². The number of methoxy groups -OCH3 is 1. The van der Waals surface area contributed by atoms with Crippen molar-refractivity contribution < 1.29 is 9.53 Å². The number of likely N-dealkylation sites (tertiary alicyclic amines) is 2. The molecule has 2 aliphatic heterocycles. The molecule has 3 rings (SSSR count). The van der Waals surface area contributed by atoms with Crippen LogP contribution >= 0.6 is 0 Å². The van der Waals surface area contributed by atoms with Gasteiger partial charge in [-0.25, -0.2) is 0 Å². The fraction of sp³-hybridized carbons (Fsp3) is 0.636. The van der Waals surface area contributed by atoms with Crippen molar-refractivity contribution in [3.8, 4) is 5.75 Å². The molecular formula is C22H33N2O2. The Labute approximate surface area is 158 Å². The summed E-state index contributed by atoms with van der Waals surface area (Å²) in [6.45, 7) is 8.42. The number of nitrogens with zero attached hydrogens (tertiary/aromatic N) is 2. The van der Waals surface area contributed by atoms with Crippen molar-refractivity contribution in [3.05, 3.63) is 35.2 Å². The number of rotatable bonds is 5. The van der Waals surface area contributed by atoms with Crippen molar-refractivity contribution in [2.24, 2.45) is 0 Å². The predicted octanol–water partition coefficient (Wildman–Crippen LogP) is 3.54. The lowest BCUT2D eigenvalue weighted by molar-refractivity contribution is -0.129. The third-order valence-corrected chi connectivity index (χ3v) is 5.92. The van der Waals surface area contributed by atoms with Crippen molar-refractivity contribution in [1.29, 1.82) is 0 Å². The van der Waals surface area contributed by atoms with Crippen molar-refractivity contribution >= 4 is 5.91 Å². The van der Waals surface area contributed by atoms with Crippen LogP contribution < -0.4 is 4.74 Å². The van der Waals surface area contributed by atoms with Gasteiger partial charge in [-0.15, -0.1) is 0 Å². The smallest absolute Gasteiger partial charge is 0.226 e. The molecule has 2 heterocycles. The molecule has 2 aliphatic rings. The fourth-order valence-electron chi connectivity index (χ4n) is 4.55. The third-order valence-electron chi connectivity index (χ3n) is 5.92. The van der Waals surface area contributed by atoms with Crippen LogP contribution in [0.1, 0.15) is 48.8 Å². The number of piperidine rings is 2. The molecule has 2 saturated heterocycles. The summed E-state index contributed by atoms with van der Waals surface area (Å²) in [6, 6.07) is 4.93. The maximum absolute atomic E-state index is 12.6. The molecule has 0 aromatic heterocycles. The van der Waals surface area contributed by atoms with Gasteiger partial charge in [-0.1, -0.05) is 18.6 Å². The van der Waals surface area contributed by atoms with Crippen LogP contribution in [0.4, 0.5) is 0 Å². The van der Waals surface area contributed by atoms with Gasteiger partial charge < -0.3 is 14.5 Å². The van der Waals surface area contributed by atoms with E-state index in [0.29, 0.717) is 12.5 Å². The van der Waals surface area contributed by atoms with Crippen LogP contribution in [0, 0.1) is 20.3 Å². The maximum Gasteiger partial charge on any atom is 0.226 e. The highest BCUT2D eigenvalue weighted by Crippen LogP contribution is 2.25. The Hall–Kier alpha value is -1.55. The molecule has 0 N–H and O–H groups in total. The Kier molecular flexibility index (Phi) is 6.58. The monoisotopic (exact) mass is 357 g/mol. The van der Waals surface area contributed by atoms with Crippen LogP contribution in [0.5, 0.6) is 5.75 Å². The Balaban J connectivity index is 1.47. The Morgan fingerprint density at radius 3 is 2.27 bits per heavy atom. The second-order valence-electron chi connectivity index (χ2n) is 7.82. The molecule has 0 saturated carbocycles. The van der Waals surface area contributed by atoms with Gasteiger partial charge in [0.05, 0.1) is 13.5 Å². The number of ether oxygens (including phenoxy) is 1. The molecule has 0 unspecified atom stereocenters. The van der Waals surface area contributed by atoms with E-state index in [-0.39, 0.29) is 5.91 Å². The van der Waals surface area contributed by atoms with Gasteiger partial charge in [-0.3, -0.25) is 4.79 Å². The Bertz CT molecular complexity index is 592. The number of carbonyl (C=O) groups excluding carboxylic acids is 1. The minimum Gasteiger partial charge on any atom is -0.496 e. The third kappa shape index (κ3) is 4.59. The van der Waals surface area contributed by atoms with E-state index in [9.17, 15) is 4.79 Å². The topological polar surface area (TPSA) is 32.8 Å². The summed E-state index contributed by atoms with van der Waals surface area (Å²) in [6.07, 6.45) is 8.85. The molecule has 4 heteroatoms. The first-order valence-electron chi connectivity index (χ1n) is 10.1. The van der Waals surface area contributed by atoms with E-state index >= 15 is 0 Å². The van der Waals surface area contributed by atoms with Gasteiger partial charge in [0.25, 0.3) is 0 Å².